The van der Waals surface area contributed by atoms with Gasteiger partial charge in [-0.25, -0.2) is 4.98 Å². The summed E-state index contributed by atoms with van der Waals surface area (Å²) in [5.74, 6) is -0.0727. The van der Waals surface area contributed by atoms with Crippen molar-refractivity contribution in [3.63, 3.8) is 0 Å². The molecule has 1 aliphatic rings. The molecule has 2 aromatic rings. The van der Waals surface area contributed by atoms with Crippen LogP contribution >= 0.6 is 0 Å². The molecule has 0 aromatic carbocycles. The average molecular weight is 278 g/mol. The Hall–Kier alpha value is -2.03. The van der Waals surface area contributed by atoms with Crippen LogP contribution in [0.3, 0.4) is 0 Å². The Bertz CT molecular complexity index is 646. The number of pyridine rings is 1. The van der Waals surface area contributed by atoms with Crippen molar-refractivity contribution in [2.75, 3.05) is 13.1 Å². The predicted octanol–water partition coefficient (Wildman–Crippen LogP) is -0.220. The Morgan fingerprint density at radius 1 is 1.35 bits per heavy atom. The van der Waals surface area contributed by atoms with Gasteiger partial charge in [-0.15, -0.1) is 0 Å². The van der Waals surface area contributed by atoms with Crippen molar-refractivity contribution in [2.45, 2.75) is 18.8 Å². The second-order valence-electron chi connectivity index (χ2n) is 4.90. The first-order valence-corrected chi connectivity index (χ1v) is 6.25. The second kappa shape index (κ2) is 4.82. The van der Waals surface area contributed by atoms with E-state index in [1.54, 1.807) is 29.3 Å². The lowest BCUT2D eigenvalue weighted by atomic mass is 10.3. The van der Waals surface area contributed by atoms with Crippen LogP contribution in [0.4, 0.5) is 5.82 Å². The molecule has 2 N–H and O–H groups in total. The van der Waals surface area contributed by atoms with Crippen LogP contribution in [-0.4, -0.2) is 54.7 Å². The molecule has 2 atom stereocenters. The molecule has 0 radical (unpaired) electrons. The zero-order valence-corrected chi connectivity index (χ0v) is 10.6. The summed E-state index contributed by atoms with van der Waals surface area (Å²) in [4.78, 5) is 16.8. The van der Waals surface area contributed by atoms with Gasteiger partial charge < -0.3 is 20.3 Å². The zero-order valence-electron chi connectivity index (χ0n) is 10.6. The number of hydrogen-bond donors (Lipinski definition) is 2. The van der Waals surface area contributed by atoms with Crippen molar-refractivity contribution in [1.82, 2.24) is 14.3 Å². The van der Waals surface area contributed by atoms with Gasteiger partial charge in [-0.3, -0.25) is 4.90 Å². The van der Waals surface area contributed by atoms with E-state index in [-0.39, 0.29) is 25.5 Å². The second-order valence-corrected chi connectivity index (χ2v) is 4.90. The normalized spacial score (nSPS) is 23.5. The number of β-amino-alcohol motifs (C(OH)–C–C–N with tert-alkyl or cyclic N) is 2. The average Bonchev–Trinajstić information content (AvgIpc) is 2.90. The largest absolute Gasteiger partial charge is 0.389 e. The van der Waals surface area contributed by atoms with Crippen molar-refractivity contribution in [1.29, 1.82) is 0 Å². The molecule has 8 nitrogen and oxygen atoms in total. The van der Waals surface area contributed by atoms with E-state index in [1.807, 2.05) is 0 Å². The van der Waals surface area contributed by atoms with Crippen LogP contribution in [0.25, 0.3) is 5.65 Å². The van der Waals surface area contributed by atoms with Gasteiger partial charge in [-0.2, -0.15) is 4.40 Å². The number of aliphatic hydroxyl groups excluding tert-OH is 2. The van der Waals surface area contributed by atoms with E-state index in [2.05, 4.69) is 4.98 Å². The first-order chi connectivity index (χ1) is 9.56. The lowest BCUT2D eigenvalue weighted by molar-refractivity contribution is -0.391. The van der Waals surface area contributed by atoms with Crippen LogP contribution in [0.1, 0.15) is 5.69 Å². The van der Waals surface area contributed by atoms with E-state index in [0.29, 0.717) is 11.3 Å². The van der Waals surface area contributed by atoms with E-state index in [0.717, 1.165) is 0 Å². The fourth-order valence-electron chi connectivity index (χ4n) is 2.52. The number of nitrogens with zero attached hydrogens (tertiary/aromatic N) is 4. The molecule has 2 aromatic heterocycles. The third-order valence-corrected chi connectivity index (χ3v) is 3.46. The lowest BCUT2D eigenvalue weighted by Gasteiger charge is -2.12. The fraction of sp³-hybridized carbons (Fsp3) is 0.417. The minimum atomic E-state index is -0.814. The van der Waals surface area contributed by atoms with E-state index in [4.69, 9.17) is 0 Å². The molecular weight excluding hydrogens is 264 g/mol. The molecule has 1 saturated heterocycles. The highest BCUT2D eigenvalue weighted by Gasteiger charge is 2.32. The Labute approximate surface area is 114 Å². The summed E-state index contributed by atoms with van der Waals surface area (Å²) in [6.45, 7) is 0.796. The lowest BCUT2D eigenvalue weighted by Crippen LogP contribution is -2.22. The number of imidazole rings is 1. The molecule has 0 amide bonds. The first-order valence-electron chi connectivity index (χ1n) is 6.25. The molecular formula is C12H14N4O4. The summed E-state index contributed by atoms with van der Waals surface area (Å²) in [6.07, 6.45) is -0.0327. The van der Waals surface area contributed by atoms with Gasteiger partial charge in [-0.1, -0.05) is 6.07 Å². The molecule has 20 heavy (non-hydrogen) atoms. The molecule has 8 heteroatoms. The molecule has 0 saturated carbocycles. The molecule has 0 bridgehead atoms. The molecule has 0 unspecified atom stereocenters. The van der Waals surface area contributed by atoms with E-state index in [9.17, 15) is 20.3 Å². The van der Waals surface area contributed by atoms with E-state index in [1.165, 1.54) is 4.40 Å². The highest BCUT2D eigenvalue weighted by Crippen LogP contribution is 2.23. The summed E-state index contributed by atoms with van der Waals surface area (Å²) >= 11 is 0. The zero-order chi connectivity index (χ0) is 14.3. The molecule has 3 rings (SSSR count). The van der Waals surface area contributed by atoms with Crippen molar-refractivity contribution in [3.05, 3.63) is 40.2 Å². The molecule has 106 valence electrons. The summed E-state index contributed by atoms with van der Waals surface area (Å²) in [5.41, 5.74) is 0.844. The van der Waals surface area contributed by atoms with Crippen LogP contribution < -0.4 is 0 Å². The Kier molecular flexibility index (Phi) is 3.13. The maximum atomic E-state index is 11.2. The van der Waals surface area contributed by atoms with Gasteiger partial charge in [0.2, 0.25) is 5.65 Å². The summed E-state index contributed by atoms with van der Waals surface area (Å²) in [5, 5.41) is 30.3. The number of hydrogen-bond acceptors (Lipinski definition) is 6. The van der Waals surface area contributed by atoms with Gasteiger partial charge >= 0.3 is 5.82 Å². The molecule has 1 aliphatic heterocycles. The number of aliphatic hydroxyl groups is 2. The molecule has 0 aliphatic carbocycles. The quantitative estimate of drug-likeness (QED) is 0.594. The first kappa shape index (κ1) is 13.0. The predicted molar refractivity (Wildman–Crippen MR) is 69.1 cm³/mol. The number of aromatic nitrogens is 2. The Morgan fingerprint density at radius 3 is 2.70 bits per heavy atom. The van der Waals surface area contributed by atoms with Crippen LogP contribution in [-0.2, 0) is 6.54 Å². The fourth-order valence-corrected chi connectivity index (χ4v) is 2.52. The third-order valence-electron chi connectivity index (χ3n) is 3.46. The Balaban J connectivity index is 1.95. The maximum absolute atomic E-state index is 11.2. The van der Waals surface area contributed by atoms with Crippen LogP contribution in [0.2, 0.25) is 0 Å². The summed E-state index contributed by atoms with van der Waals surface area (Å²) in [6, 6.07) is 5.16. The highest BCUT2D eigenvalue weighted by atomic mass is 16.6. The van der Waals surface area contributed by atoms with Crippen LogP contribution in [0.15, 0.2) is 24.4 Å². The molecule has 3 heterocycles. The Morgan fingerprint density at radius 2 is 2.05 bits per heavy atom. The monoisotopic (exact) mass is 278 g/mol. The highest BCUT2D eigenvalue weighted by molar-refractivity contribution is 5.48. The third kappa shape index (κ3) is 2.13. The van der Waals surface area contributed by atoms with Crippen LogP contribution in [0, 0.1) is 10.1 Å². The van der Waals surface area contributed by atoms with Gasteiger partial charge in [0.15, 0.2) is 5.69 Å². The minimum absolute atomic E-state index is 0.0727. The van der Waals surface area contributed by atoms with E-state index < -0.39 is 17.1 Å². The van der Waals surface area contributed by atoms with Crippen molar-refractivity contribution < 1.29 is 15.1 Å². The number of fused-ring (bicyclic) bond motifs is 1. The maximum Gasteiger partial charge on any atom is 0.352 e. The van der Waals surface area contributed by atoms with E-state index >= 15 is 0 Å². The van der Waals surface area contributed by atoms with Gasteiger partial charge in [0, 0.05) is 25.7 Å². The standard InChI is InChI=1S/C12H14N4O4/c17-9-6-14(7-10(9)18)5-8-12(16(19)20)15-4-2-1-3-11(15)13-8/h1-4,9-10,17-18H,5-7H2/t9-,10+. The van der Waals surface area contributed by atoms with Gasteiger partial charge in [0.1, 0.15) is 0 Å². The summed E-state index contributed by atoms with van der Waals surface area (Å²) < 4.78 is 1.43. The van der Waals surface area contributed by atoms with Gasteiger partial charge in [0.05, 0.1) is 18.4 Å². The van der Waals surface area contributed by atoms with Crippen LogP contribution in [0.5, 0.6) is 0 Å². The van der Waals surface area contributed by atoms with Crippen molar-refractivity contribution >= 4 is 11.5 Å². The number of nitro groups is 1. The smallest absolute Gasteiger partial charge is 0.352 e. The minimum Gasteiger partial charge on any atom is -0.389 e. The van der Waals surface area contributed by atoms with Gasteiger partial charge in [0.25, 0.3) is 0 Å². The summed E-state index contributed by atoms with van der Waals surface area (Å²) in [7, 11) is 0. The number of rotatable bonds is 3. The van der Waals surface area contributed by atoms with Crippen molar-refractivity contribution in [3.8, 4) is 0 Å². The number of likely N-dealkylation sites (tertiary alicyclic amines) is 1. The SMILES string of the molecule is O=[N+]([O-])c1c(CN2C[C@@H](O)[C@@H](O)C2)nc2ccccn12. The topological polar surface area (TPSA) is 104 Å². The molecule has 0 spiro atoms. The van der Waals surface area contributed by atoms with Gasteiger partial charge in [-0.05, 0) is 11.0 Å². The van der Waals surface area contributed by atoms with Crippen molar-refractivity contribution in [2.24, 2.45) is 0 Å². The molecule has 1 fully saturated rings.